The first kappa shape index (κ1) is 18.5. The SMILES string of the molecule is COC(=O)c1cc(C(Nc2nc(C)c(Br)cc2Br)C(=O)O)oc1C. The van der Waals surface area contributed by atoms with Gasteiger partial charge in [-0.3, -0.25) is 0 Å². The van der Waals surface area contributed by atoms with Crippen molar-refractivity contribution in [3.05, 3.63) is 43.9 Å². The van der Waals surface area contributed by atoms with Crippen molar-refractivity contribution in [2.24, 2.45) is 0 Å². The quantitative estimate of drug-likeness (QED) is 0.652. The number of aliphatic carboxylic acids is 1. The molecular formula is C15H14Br2N2O5. The molecule has 128 valence electrons. The van der Waals surface area contributed by atoms with Crippen LogP contribution in [0.15, 0.2) is 25.5 Å². The zero-order valence-electron chi connectivity index (χ0n) is 13.0. The van der Waals surface area contributed by atoms with Crippen molar-refractivity contribution in [3.8, 4) is 0 Å². The largest absolute Gasteiger partial charge is 0.479 e. The van der Waals surface area contributed by atoms with Crippen LogP contribution in [0.25, 0.3) is 0 Å². The molecule has 7 nitrogen and oxygen atoms in total. The smallest absolute Gasteiger partial charge is 0.341 e. The molecule has 0 spiro atoms. The number of methoxy groups -OCH3 is 1. The van der Waals surface area contributed by atoms with Crippen LogP contribution in [0.1, 0.15) is 33.6 Å². The van der Waals surface area contributed by atoms with Gasteiger partial charge in [0.15, 0.2) is 6.04 Å². The summed E-state index contributed by atoms with van der Waals surface area (Å²) >= 11 is 6.68. The van der Waals surface area contributed by atoms with Gasteiger partial charge >= 0.3 is 11.9 Å². The first-order valence-corrected chi connectivity index (χ1v) is 8.33. The van der Waals surface area contributed by atoms with Crippen molar-refractivity contribution in [2.75, 3.05) is 12.4 Å². The molecule has 2 N–H and O–H groups in total. The molecule has 0 aliphatic carbocycles. The van der Waals surface area contributed by atoms with E-state index >= 15 is 0 Å². The van der Waals surface area contributed by atoms with Gasteiger partial charge < -0.3 is 19.6 Å². The van der Waals surface area contributed by atoms with Gasteiger partial charge in [0.1, 0.15) is 22.9 Å². The molecule has 0 radical (unpaired) electrons. The second-order valence-electron chi connectivity index (χ2n) is 4.91. The number of esters is 1. The summed E-state index contributed by atoms with van der Waals surface area (Å²) in [5.41, 5.74) is 0.871. The number of aryl methyl sites for hydroxylation is 2. The van der Waals surface area contributed by atoms with Gasteiger partial charge in [-0.15, -0.1) is 0 Å². The number of anilines is 1. The van der Waals surface area contributed by atoms with Crippen molar-refractivity contribution in [1.82, 2.24) is 4.98 Å². The first-order valence-electron chi connectivity index (χ1n) is 6.75. The third kappa shape index (κ3) is 3.78. The van der Waals surface area contributed by atoms with E-state index in [-0.39, 0.29) is 17.1 Å². The van der Waals surface area contributed by atoms with Crippen molar-refractivity contribution in [1.29, 1.82) is 0 Å². The molecule has 24 heavy (non-hydrogen) atoms. The lowest BCUT2D eigenvalue weighted by Gasteiger charge is -2.15. The minimum Gasteiger partial charge on any atom is -0.479 e. The van der Waals surface area contributed by atoms with E-state index in [0.717, 1.165) is 4.47 Å². The van der Waals surface area contributed by atoms with E-state index in [9.17, 15) is 14.7 Å². The number of nitrogens with one attached hydrogen (secondary N) is 1. The molecule has 0 amide bonds. The van der Waals surface area contributed by atoms with Crippen LogP contribution < -0.4 is 5.32 Å². The van der Waals surface area contributed by atoms with Crippen LogP contribution in [0.5, 0.6) is 0 Å². The van der Waals surface area contributed by atoms with E-state index in [1.165, 1.54) is 13.2 Å². The standard InChI is InChI=1S/C15H14Br2N2O5/c1-6-9(16)5-10(17)13(18-6)19-12(14(20)21)11-4-8(7(2)24-11)15(22)23-3/h4-5,12H,1-3H3,(H,18,19)(H,20,21). The summed E-state index contributed by atoms with van der Waals surface area (Å²) in [5.74, 6) is -1.06. The Morgan fingerprint density at radius 3 is 2.54 bits per heavy atom. The fourth-order valence-electron chi connectivity index (χ4n) is 2.01. The third-order valence-corrected chi connectivity index (χ3v) is 4.67. The van der Waals surface area contributed by atoms with E-state index in [1.807, 2.05) is 0 Å². The predicted octanol–water partition coefficient (Wildman–Crippen LogP) is 3.84. The van der Waals surface area contributed by atoms with Crippen LogP contribution in [-0.4, -0.2) is 29.1 Å². The number of pyridine rings is 1. The van der Waals surface area contributed by atoms with E-state index in [2.05, 4.69) is 46.9 Å². The van der Waals surface area contributed by atoms with Crippen molar-refractivity contribution in [2.45, 2.75) is 19.9 Å². The van der Waals surface area contributed by atoms with E-state index < -0.39 is 18.0 Å². The monoisotopic (exact) mass is 460 g/mol. The van der Waals surface area contributed by atoms with Crippen LogP contribution in [0.2, 0.25) is 0 Å². The summed E-state index contributed by atoms with van der Waals surface area (Å²) < 4.78 is 11.4. The maximum Gasteiger partial charge on any atom is 0.341 e. The predicted molar refractivity (Wildman–Crippen MR) is 93.2 cm³/mol. The van der Waals surface area contributed by atoms with E-state index in [0.29, 0.717) is 16.0 Å². The molecule has 0 aliphatic heterocycles. The number of hydrogen-bond donors (Lipinski definition) is 2. The highest BCUT2D eigenvalue weighted by Crippen LogP contribution is 2.30. The van der Waals surface area contributed by atoms with E-state index in [4.69, 9.17) is 4.42 Å². The Bertz CT molecular complexity index is 803. The normalized spacial score (nSPS) is 11.9. The van der Waals surface area contributed by atoms with Gasteiger partial charge in [-0.2, -0.15) is 0 Å². The Hall–Kier alpha value is -1.87. The molecule has 0 aromatic carbocycles. The highest BCUT2D eigenvalue weighted by atomic mass is 79.9. The highest BCUT2D eigenvalue weighted by molar-refractivity contribution is 9.11. The Kier molecular flexibility index (Phi) is 5.66. The minimum atomic E-state index is -1.22. The van der Waals surface area contributed by atoms with Crippen LogP contribution in [0, 0.1) is 13.8 Å². The lowest BCUT2D eigenvalue weighted by atomic mass is 10.2. The summed E-state index contributed by atoms with van der Waals surface area (Å²) in [6.45, 7) is 3.34. The summed E-state index contributed by atoms with van der Waals surface area (Å²) in [6.07, 6.45) is 0. The van der Waals surface area contributed by atoms with E-state index in [1.54, 1.807) is 19.9 Å². The number of carbonyl (C=O) groups is 2. The van der Waals surface area contributed by atoms with Gasteiger partial charge in [-0.05, 0) is 57.8 Å². The Morgan fingerprint density at radius 2 is 1.96 bits per heavy atom. The van der Waals surface area contributed by atoms with Gasteiger partial charge in [0.05, 0.1) is 17.3 Å². The molecule has 2 aromatic rings. The molecule has 2 aromatic heterocycles. The van der Waals surface area contributed by atoms with Crippen molar-refractivity contribution in [3.63, 3.8) is 0 Å². The number of aromatic nitrogens is 1. The fourth-order valence-corrected chi connectivity index (χ4v) is 3.07. The summed E-state index contributed by atoms with van der Waals surface area (Å²) in [5, 5.41) is 12.3. The topological polar surface area (TPSA) is 102 Å². The molecule has 2 heterocycles. The lowest BCUT2D eigenvalue weighted by molar-refractivity contribution is -0.138. The molecule has 0 fully saturated rings. The van der Waals surface area contributed by atoms with Crippen molar-refractivity contribution >= 4 is 49.6 Å². The molecule has 1 atom stereocenters. The second-order valence-corrected chi connectivity index (χ2v) is 6.62. The van der Waals surface area contributed by atoms with Gasteiger partial charge in [0.2, 0.25) is 0 Å². The summed E-state index contributed by atoms with van der Waals surface area (Å²) in [6, 6.07) is 1.90. The molecule has 2 rings (SSSR count). The number of nitrogens with zero attached hydrogens (tertiary/aromatic N) is 1. The molecule has 1 unspecified atom stereocenters. The van der Waals surface area contributed by atoms with Gasteiger partial charge in [0.25, 0.3) is 0 Å². The van der Waals surface area contributed by atoms with Gasteiger partial charge in [-0.25, -0.2) is 14.6 Å². The molecule has 0 aliphatic rings. The van der Waals surface area contributed by atoms with Crippen LogP contribution in [0.3, 0.4) is 0 Å². The number of carboxylic acids is 1. The number of ether oxygens (including phenoxy) is 1. The summed E-state index contributed by atoms with van der Waals surface area (Å²) in [7, 11) is 1.24. The Morgan fingerprint density at radius 1 is 1.29 bits per heavy atom. The second kappa shape index (κ2) is 7.35. The fraction of sp³-hybridized carbons (Fsp3) is 0.267. The number of halogens is 2. The minimum absolute atomic E-state index is 0.0784. The molecule has 0 bridgehead atoms. The van der Waals surface area contributed by atoms with Crippen LogP contribution >= 0.6 is 31.9 Å². The Balaban J connectivity index is 2.40. The Labute approximate surface area is 154 Å². The maximum absolute atomic E-state index is 11.7. The number of furan rings is 1. The van der Waals surface area contributed by atoms with Gasteiger partial charge in [0, 0.05) is 4.47 Å². The maximum atomic E-state index is 11.7. The zero-order valence-corrected chi connectivity index (χ0v) is 16.2. The number of hydrogen-bond acceptors (Lipinski definition) is 6. The third-order valence-electron chi connectivity index (χ3n) is 3.26. The highest BCUT2D eigenvalue weighted by Gasteiger charge is 2.28. The first-order chi connectivity index (χ1) is 11.2. The van der Waals surface area contributed by atoms with Crippen LogP contribution in [-0.2, 0) is 9.53 Å². The lowest BCUT2D eigenvalue weighted by Crippen LogP contribution is -2.21. The molecule has 9 heteroatoms. The molecule has 0 saturated carbocycles. The number of carbonyl (C=O) groups excluding carboxylic acids is 1. The number of rotatable bonds is 5. The summed E-state index contributed by atoms with van der Waals surface area (Å²) in [4.78, 5) is 27.6. The molecular weight excluding hydrogens is 448 g/mol. The number of carboxylic acid groups (broad SMARTS) is 1. The molecule has 0 saturated heterocycles. The zero-order chi connectivity index (χ0) is 18.0. The van der Waals surface area contributed by atoms with Gasteiger partial charge in [-0.1, -0.05) is 0 Å². The average molecular weight is 462 g/mol. The average Bonchev–Trinajstić information content (AvgIpc) is 2.89. The van der Waals surface area contributed by atoms with Crippen LogP contribution in [0.4, 0.5) is 5.82 Å². The van der Waals surface area contributed by atoms with Crippen molar-refractivity contribution < 1.29 is 23.8 Å².